The highest BCUT2D eigenvalue weighted by molar-refractivity contribution is 8.14. The third-order valence-corrected chi connectivity index (χ3v) is 7.74. The predicted octanol–water partition coefficient (Wildman–Crippen LogP) is 5.81. The van der Waals surface area contributed by atoms with Crippen LogP contribution in [0.15, 0.2) is 77.9 Å². The zero-order chi connectivity index (χ0) is 26.1. The van der Waals surface area contributed by atoms with Gasteiger partial charge in [0.05, 0.1) is 24.6 Å². The second-order valence-electron chi connectivity index (χ2n) is 8.91. The van der Waals surface area contributed by atoms with Crippen LogP contribution in [0.1, 0.15) is 35.6 Å². The zero-order valence-corrected chi connectivity index (χ0v) is 21.9. The topological polar surface area (TPSA) is 86.1 Å². The minimum atomic E-state index is -0.712. The molecule has 2 atom stereocenters. The maximum Gasteiger partial charge on any atom is 0.247 e. The number of anilines is 1. The number of nitrogens with one attached hydrogen (secondary N) is 1. The van der Waals surface area contributed by atoms with Crippen molar-refractivity contribution in [1.29, 1.82) is 5.41 Å². The quantitative estimate of drug-likeness (QED) is 0.255. The van der Waals surface area contributed by atoms with Crippen molar-refractivity contribution >= 4 is 51.7 Å². The van der Waals surface area contributed by atoms with Crippen LogP contribution in [0.25, 0.3) is 0 Å². The summed E-state index contributed by atoms with van der Waals surface area (Å²) in [4.78, 5) is 27.2. The maximum absolute atomic E-state index is 13.3. The van der Waals surface area contributed by atoms with Crippen LogP contribution in [0, 0.1) is 12.3 Å². The van der Waals surface area contributed by atoms with Crippen molar-refractivity contribution in [1.82, 2.24) is 5.01 Å². The molecule has 0 spiro atoms. The molecule has 1 saturated heterocycles. The first kappa shape index (κ1) is 25.0. The lowest BCUT2D eigenvalue weighted by Crippen LogP contribution is -2.32. The molecule has 3 aromatic carbocycles. The molecular weight excluding hydrogens is 508 g/mol. The van der Waals surface area contributed by atoms with Gasteiger partial charge in [0.25, 0.3) is 0 Å². The van der Waals surface area contributed by atoms with Gasteiger partial charge in [-0.15, -0.1) is 0 Å². The number of ether oxygens (including phenoxy) is 1. The van der Waals surface area contributed by atoms with Gasteiger partial charge in [0.2, 0.25) is 11.8 Å². The highest BCUT2D eigenvalue weighted by Gasteiger charge is 2.42. The average molecular weight is 533 g/mol. The molecule has 5 rings (SSSR count). The summed E-state index contributed by atoms with van der Waals surface area (Å²) in [6.07, 6.45) is 0.609. The molecule has 1 fully saturated rings. The van der Waals surface area contributed by atoms with Gasteiger partial charge in [-0.1, -0.05) is 71.4 Å². The van der Waals surface area contributed by atoms with Crippen molar-refractivity contribution in [3.63, 3.8) is 0 Å². The summed E-state index contributed by atoms with van der Waals surface area (Å²) in [6.45, 7) is 2.03. The zero-order valence-electron chi connectivity index (χ0n) is 20.3. The Hall–Kier alpha value is -3.62. The highest BCUT2D eigenvalue weighted by Crippen LogP contribution is 2.38. The van der Waals surface area contributed by atoms with Crippen molar-refractivity contribution < 1.29 is 14.3 Å². The molecule has 2 aliphatic heterocycles. The van der Waals surface area contributed by atoms with Crippen LogP contribution in [0.4, 0.5) is 5.69 Å². The number of hydrogen-bond donors (Lipinski definition) is 1. The fraction of sp³-hybridized carbons (Fsp3) is 0.214. The van der Waals surface area contributed by atoms with Crippen molar-refractivity contribution in [2.24, 2.45) is 5.10 Å². The molecule has 9 heteroatoms. The number of amidine groups is 1. The van der Waals surface area contributed by atoms with Gasteiger partial charge in [0.15, 0.2) is 5.17 Å². The van der Waals surface area contributed by atoms with E-state index >= 15 is 0 Å². The largest absolute Gasteiger partial charge is 0.497 e. The first-order valence-electron chi connectivity index (χ1n) is 11.8. The number of amides is 2. The Kier molecular flexibility index (Phi) is 7.04. The SMILES string of the molecule is COc1cccc(N2C(=O)C[C@H](SC(=N)N3N=C(c4ccc(C)cc4)C[C@@H]3c3ccc(Cl)cc3)C2=O)c1. The molecule has 2 heterocycles. The van der Waals surface area contributed by atoms with Crippen LogP contribution in [0.5, 0.6) is 5.75 Å². The van der Waals surface area contributed by atoms with E-state index in [1.165, 1.54) is 12.0 Å². The maximum atomic E-state index is 13.3. The molecule has 2 amide bonds. The van der Waals surface area contributed by atoms with Crippen LogP contribution >= 0.6 is 23.4 Å². The van der Waals surface area contributed by atoms with E-state index in [0.29, 0.717) is 22.9 Å². The fourth-order valence-electron chi connectivity index (χ4n) is 4.47. The number of hydrogen-bond acceptors (Lipinski definition) is 6. The number of carbonyl (C=O) groups is 2. The van der Waals surface area contributed by atoms with Gasteiger partial charge in [-0.05, 0) is 42.3 Å². The summed E-state index contributed by atoms with van der Waals surface area (Å²) >= 11 is 7.17. The van der Waals surface area contributed by atoms with E-state index in [1.807, 2.05) is 55.5 Å². The molecule has 7 nitrogen and oxygen atoms in total. The third kappa shape index (κ3) is 5.12. The van der Waals surface area contributed by atoms with Gasteiger partial charge >= 0.3 is 0 Å². The van der Waals surface area contributed by atoms with E-state index < -0.39 is 5.25 Å². The van der Waals surface area contributed by atoms with Gasteiger partial charge in [-0.3, -0.25) is 15.0 Å². The summed E-state index contributed by atoms with van der Waals surface area (Å²) in [6, 6.07) is 22.2. The molecular formula is C28H25ClN4O3S. The monoisotopic (exact) mass is 532 g/mol. The summed E-state index contributed by atoms with van der Waals surface area (Å²) in [7, 11) is 1.53. The molecule has 0 unspecified atom stereocenters. The number of nitrogens with zero attached hydrogens (tertiary/aromatic N) is 3. The lowest BCUT2D eigenvalue weighted by Gasteiger charge is -2.24. The van der Waals surface area contributed by atoms with E-state index in [2.05, 4.69) is 0 Å². The molecule has 0 radical (unpaired) electrons. The summed E-state index contributed by atoms with van der Waals surface area (Å²) in [5.74, 6) is -0.0937. The van der Waals surface area contributed by atoms with Gasteiger partial charge < -0.3 is 4.74 Å². The van der Waals surface area contributed by atoms with Gasteiger partial charge in [0.1, 0.15) is 11.0 Å². The van der Waals surface area contributed by atoms with Gasteiger partial charge in [-0.25, -0.2) is 9.91 Å². The molecule has 1 N–H and O–H groups in total. The molecule has 0 saturated carbocycles. The van der Waals surface area contributed by atoms with Crippen LogP contribution < -0.4 is 9.64 Å². The second kappa shape index (κ2) is 10.4. The Morgan fingerprint density at radius 3 is 2.49 bits per heavy atom. The summed E-state index contributed by atoms with van der Waals surface area (Å²) < 4.78 is 5.24. The number of thioether (sulfide) groups is 1. The Labute approximate surface area is 224 Å². The lowest BCUT2D eigenvalue weighted by atomic mass is 9.98. The Morgan fingerprint density at radius 2 is 1.78 bits per heavy atom. The smallest absolute Gasteiger partial charge is 0.247 e. The molecule has 0 aromatic heterocycles. The minimum Gasteiger partial charge on any atom is -0.497 e. The fourth-order valence-corrected chi connectivity index (χ4v) is 5.57. The number of aryl methyl sites for hydroxylation is 1. The minimum absolute atomic E-state index is 0.0110. The van der Waals surface area contributed by atoms with Crippen molar-refractivity contribution in [2.45, 2.75) is 31.1 Å². The summed E-state index contributed by atoms with van der Waals surface area (Å²) in [5.41, 5.74) is 4.43. The Balaban J connectivity index is 1.39. The normalized spacial score (nSPS) is 19.4. The molecule has 2 aliphatic rings. The molecule has 188 valence electrons. The number of halogens is 1. The molecule has 0 aliphatic carbocycles. The van der Waals surface area contributed by atoms with E-state index in [-0.39, 0.29) is 29.4 Å². The van der Waals surface area contributed by atoms with E-state index in [0.717, 1.165) is 34.2 Å². The molecule has 37 heavy (non-hydrogen) atoms. The lowest BCUT2D eigenvalue weighted by molar-refractivity contribution is -0.121. The third-order valence-electron chi connectivity index (χ3n) is 6.43. The van der Waals surface area contributed by atoms with Gasteiger partial charge in [0, 0.05) is 23.9 Å². The number of hydrazone groups is 1. The number of rotatable bonds is 5. The highest BCUT2D eigenvalue weighted by atomic mass is 35.5. The Morgan fingerprint density at radius 1 is 1.05 bits per heavy atom. The second-order valence-corrected chi connectivity index (χ2v) is 10.5. The number of methoxy groups -OCH3 is 1. The first-order chi connectivity index (χ1) is 17.8. The number of carbonyl (C=O) groups excluding carboxylic acids is 2. The van der Waals surface area contributed by atoms with Crippen molar-refractivity contribution in [3.8, 4) is 5.75 Å². The van der Waals surface area contributed by atoms with Crippen LogP contribution in [-0.2, 0) is 9.59 Å². The van der Waals surface area contributed by atoms with E-state index in [1.54, 1.807) is 29.3 Å². The standard InChI is InChI=1S/C28H25ClN4O3S/c1-17-6-8-18(9-7-17)23-15-24(19-10-12-20(29)13-11-19)33(31-23)28(30)37-25-16-26(34)32(27(25)35)21-4-3-5-22(14-21)36-2/h3-14,24-25,30H,15-16H2,1-2H3/t24-,25+/m1/s1. The predicted molar refractivity (Wildman–Crippen MR) is 148 cm³/mol. The molecule has 0 bridgehead atoms. The number of imide groups is 1. The van der Waals surface area contributed by atoms with Crippen molar-refractivity contribution in [2.75, 3.05) is 12.0 Å². The van der Waals surface area contributed by atoms with Crippen LogP contribution in [-0.4, -0.2) is 40.1 Å². The van der Waals surface area contributed by atoms with E-state index in [4.69, 9.17) is 26.8 Å². The average Bonchev–Trinajstić information content (AvgIpc) is 3.46. The van der Waals surface area contributed by atoms with Gasteiger partial charge in [-0.2, -0.15) is 5.10 Å². The van der Waals surface area contributed by atoms with Crippen LogP contribution in [0.2, 0.25) is 5.02 Å². The molecule has 3 aromatic rings. The summed E-state index contributed by atoms with van der Waals surface area (Å²) in [5, 5.41) is 15.4. The van der Waals surface area contributed by atoms with E-state index in [9.17, 15) is 9.59 Å². The van der Waals surface area contributed by atoms with Crippen LogP contribution in [0.3, 0.4) is 0 Å². The van der Waals surface area contributed by atoms with Crippen molar-refractivity contribution in [3.05, 3.63) is 94.5 Å². The number of benzene rings is 3. The Bertz CT molecular complexity index is 1390. The first-order valence-corrected chi connectivity index (χ1v) is 13.0.